The molecular formula is C18H23N5O. The smallest absolute Gasteiger partial charge is 0.213 e. The van der Waals surface area contributed by atoms with Crippen molar-refractivity contribution in [3.05, 3.63) is 41.5 Å². The van der Waals surface area contributed by atoms with Gasteiger partial charge < -0.3 is 9.64 Å². The molecule has 24 heavy (non-hydrogen) atoms. The number of hydrogen-bond donors (Lipinski definition) is 0. The van der Waals surface area contributed by atoms with Crippen LogP contribution in [0.2, 0.25) is 0 Å². The van der Waals surface area contributed by atoms with Gasteiger partial charge in [0.25, 0.3) is 0 Å². The highest BCUT2D eigenvalue weighted by Gasteiger charge is 2.44. The van der Waals surface area contributed by atoms with E-state index in [1.165, 1.54) is 12.0 Å². The van der Waals surface area contributed by atoms with Gasteiger partial charge in [-0.2, -0.15) is 0 Å². The first kappa shape index (κ1) is 15.3. The third-order valence-corrected chi connectivity index (χ3v) is 4.99. The maximum Gasteiger partial charge on any atom is 0.213 e. The summed E-state index contributed by atoms with van der Waals surface area (Å²) in [5, 5.41) is 0. The molecule has 3 saturated heterocycles. The van der Waals surface area contributed by atoms with Gasteiger partial charge in [-0.3, -0.25) is 4.90 Å². The first-order chi connectivity index (χ1) is 11.6. The molecule has 3 aliphatic heterocycles. The van der Waals surface area contributed by atoms with Gasteiger partial charge in [-0.1, -0.05) is 0 Å². The van der Waals surface area contributed by atoms with E-state index < -0.39 is 0 Å². The molecule has 2 aromatic heterocycles. The third kappa shape index (κ3) is 2.82. The van der Waals surface area contributed by atoms with Gasteiger partial charge in [0.15, 0.2) is 0 Å². The van der Waals surface area contributed by atoms with E-state index >= 15 is 0 Å². The van der Waals surface area contributed by atoms with Gasteiger partial charge in [-0.05, 0) is 31.9 Å². The molecule has 0 radical (unpaired) electrons. The van der Waals surface area contributed by atoms with Crippen molar-refractivity contribution in [1.82, 2.24) is 19.9 Å². The molecule has 0 amide bonds. The van der Waals surface area contributed by atoms with E-state index in [1.54, 1.807) is 7.11 Å². The van der Waals surface area contributed by atoms with Crippen molar-refractivity contribution < 1.29 is 4.74 Å². The van der Waals surface area contributed by atoms with Gasteiger partial charge in [0.05, 0.1) is 7.11 Å². The molecule has 0 aliphatic carbocycles. The Hall–Kier alpha value is -2.21. The third-order valence-electron chi connectivity index (χ3n) is 4.99. The Kier molecular flexibility index (Phi) is 3.84. The number of aromatic nitrogens is 3. The molecule has 3 fully saturated rings. The van der Waals surface area contributed by atoms with Crippen molar-refractivity contribution in [2.24, 2.45) is 0 Å². The Morgan fingerprint density at radius 2 is 1.96 bits per heavy atom. The van der Waals surface area contributed by atoms with Crippen LogP contribution < -0.4 is 9.64 Å². The number of rotatable bonds is 4. The topological polar surface area (TPSA) is 54.4 Å². The number of piperazine rings is 1. The summed E-state index contributed by atoms with van der Waals surface area (Å²) in [5.41, 5.74) is 2.30. The molecule has 2 unspecified atom stereocenters. The summed E-state index contributed by atoms with van der Waals surface area (Å²) in [5.74, 6) is 2.61. The normalized spacial score (nSPS) is 23.0. The van der Waals surface area contributed by atoms with E-state index in [0.717, 1.165) is 37.0 Å². The highest BCUT2D eigenvalue weighted by atomic mass is 16.5. The first-order valence-corrected chi connectivity index (χ1v) is 8.44. The van der Waals surface area contributed by atoms with Crippen molar-refractivity contribution in [2.75, 3.05) is 25.1 Å². The average Bonchev–Trinajstić information content (AvgIpc) is 2.59. The molecule has 2 atom stereocenters. The molecule has 0 aromatic carbocycles. The lowest BCUT2D eigenvalue weighted by atomic mass is 9.87. The Morgan fingerprint density at radius 1 is 1.17 bits per heavy atom. The lowest BCUT2D eigenvalue weighted by Crippen LogP contribution is -2.68. The molecule has 126 valence electrons. The predicted octanol–water partition coefficient (Wildman–Crippen LogP) is 1.96. The SMILES string of the molecule is COc1cc(CN2C3CC2CN(c2cc(C)nc(C)n2)C3)ccn1. The Morgan fingerprint density at radius 3 is 2.67 bits per heavy atom. The van der Waals surface area contributed by atoms with E-state index in [1.807, 2.05) is 26.1 Å². The molecular weight excluding hydrogens is 302 g/mol. The Bertz CT molecular complexity index is 718. The van der Waals surface area contributed by atoms with Crippen LogP contribution in [0.3, 0.4) is 0 Å². The Labute approximate surface area is 142 Å². The second-order valence-electron chi connectivity index (χ2n) is 6.74. The van der Waals surface area contributed by atoms with Crippen molar-refractivity contribution in [1.29, 1.82) is 0 Å². The monoisotopic (exact) mass is 325 g/mol. The number of pyridine rings is 1. The standard InChI is InChI=1S/C18H23N5O/c1-12-6-17(21-13(2)20-12)22-10-15-8-16(11-22)23(15)9-14-4-5-19-18(7-14)24-3/h4-7,15-16H,8-11H2,1-3H3. The lowest BCUT2D eigenvalue weighted by Gasteiger charge is -2.56. The van der Waals surface area contributed by atoms with E-state index in [0.29, 0.717) is 18.0 Å². The van der Waals surface area contributed by atoms with Crippen LogP contribution in [-0.2, 0) is 6.54 Å². The number of anilines is 1. The number of hydrogen-bond acceptors (Lipinski definition) is 6. The van der Waals surface area contributed by atoms with Gasteiger partial charge in [-0.25, -0.2) is 15.0 Å². The van der Waals surface area contributed by atoms with Crippen LogP contribution in [0.5, 0.6) is 5.88 Å². The minimum Gasteiger partial charge on any atom is -0.481 e. The summed E-state index contributed by atoms with van der Waals surface area (Å²) in [6, 6.07) is 7.39. The van der Waals surface area contributed by atoms with Gasteiger partial charge in [-0.15, -0.1) is 0 Å². The Balaban J connectivity index is 1.44. The molecule has 5 heterocycles. The molecule has 0 saturated carbocycles. The molecule has 5 rings (SSSR count). The number of piperidine rings is 1. The van der Waals surface area contributed by atoms with Crippen molar-refractivity contribution in [3.8, 4) is 5.88 Å². The second kappa shape index (κ2) is 6.02. The fourth-order valence-electron chi connectivity index (χ4n) is 3.86. The highest BCUT2D eigenvalue weighted by Crippen LogP contribution is 2.35. The van der Waals surface area contributed by atoms with Crippen molar-refractivity contribution in [3.63, 3.8) is 0 Å². The highest BCUT2D eigenvalue weighted by molar-refractivity contribution is 5.42. The van der Waals surface area contributed by atoms with E-state index in [2.05, 4.69) is 36.9 Å². The fraction of sp³-hybridized carbons (Fsp3) is 0.500. The van der Waals surface area contributed by atoms with Gasteiger partial charge in [0, 0.05) is 55.7 Å². The largest absolute Gasteiger partial charge is 0.481 e. The van der Waals surface area contributed by atoms with E-state index in [4.69, 9.17) is 4.74 Å². The second-order valence-corrected chi connectivity index (χ2v) is 6.74. The molecule has 0 N–H and O–H groups in total. The van der Waals surface area contributed by atoms with Crippen molar-refractivity contribution in [2.45, 2.75) is 38.9 Å². The van der Waals surface area contributed by atoms with Crippen LogP contribution >= 0.6 is 0 Å². The number of aryl methyl sites for hydroxylation is 2. The maximum absolute atomic E-state index is 5.23. The number of ether oxygens (including phenoxy) is 1. The zero-order valence-corrected chi connectivity index (χ0v) is 14.4. The maximum atomic E-state index is 5.23. The first-order valence-electron chi connectivity index (χ1n) is 8.44. The zero-order chi connectivity index (χ0) is 16.7. The van der Waals surface area contributed by atoms with Crippen molar-refractivity contribution >= 4 is 5.82 Å². The quantitative estimate of drug-likeness (QED) is 0.856. The fourth-order valence-corrected chi connectivity index (χ4v) is 3.86. The molecule has 3 aliphatic rings. The summed E-state index contributed by atoms with van der Waals surface area (Å²) in [6.07, 6.45) is 3.10. The summed E-state index contributed by atoms with van der Waals surface area (Å²) in [4.78, 5) is 18.2. The van der Waals surface area contributed by atoms with Crippen LogP contribution in [0, 0.1) is 13.8 Å². The van der Waals surface area contributed by atoms with Crippen LogP contribution in [0.1, 0.15) is 23.5 Å². The van der Waals surface area contributed by atoms with Crippen LogP contribution in [0.4, 0.5) is 5.82 Å². The number of fused-ring (bicyclic) bond motifs is 2. The van der Waals surface area contributed by atoms with E-state index in [9.17, 15) is 0 Å². The van der Waals surface area contributed by atoms with Gasteiger partial charge in [0.1, 0.15) is 11.6 Å². The van der Waals surface area contributed by atoms with Gasteiger partial charge in [0.2, 0.25) is 5.88 Å². The van der Waals surface area contributed by atoms with Gasteiger partial charge >= 0.3 is 0 Å². The zero-order valence-electron chi connectivity index (χ0n) is 14.4. The lowest BCUT2D eigenvalue weighted by molar-refractivity contribution is -0.00876. The van der Waals surface area contributed by atoms with Crippen LogP contribution in [-0.4, -0.2) is 52.1 Å². The number of methoxy groups -OCH3 is 1. The summed E-state index contributed by atoms with van der Waals surface area (Å²) in [6.45, 7) is 7.03. The summed E-state index contributed by atoms with van der Waals surface area (Å²) >= 11 is 0. The molecule has 0 spiro atoms. The van der Waals surface area contributed by atoms with Crippen LogP contribution in [0.15, 0.2) is 24.4 Å². The molecule has 2 aromatic rings. The minimum atomic E-state index is 0.596. The number of nitrogens with zero attached hydrogens (tertiary/aromatic N) is 5. The average molecular weight is 325 g/mol. The van der Waals surface area contributed by atoms with E-state index in [-0.39, 0.29) is 0 Å². The molecule has 6 nitrogen and oxygen atoms in total. The summed E-state index contributed by atoms with van der Waals surface area (Å²) < 4.78 is 5.23. The molecule has 6 heteroatoms. The minimum absolute atomic E-state index is 0.596. The van der Waals surface area contributed by atoms with Crippen LogP contribution in [0.25, 0.3) is 0 Å². The summed E-state index contributed by atoms with van der Waals surface area (Å²) in [7, 11) is 1.66. The predicted molar refractivity (Wildman–Crippen MR) is 92.2 cm³/mol. The molecule has 2 bridgehead atoms.